The average Bonchev–Trinajstić information content (AvgIpc) is 3.88. The molecule has 0 N–H and O–H groups in total. The van der Waals surface area contributed by atoms with Gasteiger partial charge in [0, 0.05) is 49.7 Å². The number of fused-ring (bicyclic) bond motifs is 4. The van der Waals surface area contributed by atoms with Gasteiger partial charge in [-0.25, -0.2) is 4.98 Å². The van der Waals surface area contributed by atoms with Gasteiger partial charge in [0.15, 0.2) is 0 Å². The van der Waals surface area contributed by atoms with Gasteiger partial charge in [0.25, 0.3) is 0 Å². The van der Waals surface area contributed by atoms with Crippen molar-refractivity contribution in [3.8, 4) is 45.5 Å². The number of nitriles is 1. The van der Waals surface area contributed by atoms with E-state index in [0.717, 1.165) is 44.8 Å². The molecule has 0 saturated heterocycles. The van der Waals surface area contributed by atoms with E-state index in [9.17, 15) is 5.26 Å². The van der Waals surface area contributed by atoms with Crippen molar-refractivity contribution in [1.82, 2.24) is 19.5 Å². The van der Waals surface area contributed by atoms with Crippen molar-refractivity contribution in [2.45, 2.75) is 86.3 Å². The molecule has 0 unspecified atom stereocenters. The second kappa shape index (κ2) is 17.7. The molecule has 7 heteroatoms. The average molecular weight is 999 g/mol. The summed E-state index contributed by atoms with van der Waals surface area (Å²) in [5, 5.41) is 11.0. The Hall–Kier alpha value is -6.19. The molecule has 62 heavy (non-hydrogen) atoms. The standard InChI is InChI=1S/C43H41N4O.C12H10N.Ir/c1-24(2)31-21-29(28-15-11-10-12-16-28)22-32(25(3)4)39(31)47-38-26(5)14-13-17-35(38)45-41(47)30-18-19-34(43(7,8)9)37-33-20-27(6)36(23-44)46-42(33)48-40(30)37;1-10-7-8-12(13-9-10)11-5-3-2-4-6-11;/h10-17,19-22,24-25H,1-9H3;2-5,7-9H,1H3;/q2*-1;/i5D3,6D3;1D3;. The van der Waals surface area contributed by atoms with Gasteiger partial charge in [-0.1, -0.05) is 109 Å². The molecular formula is C55H51IrN5O-2. The summed E-state index contributed by atoms with van der Waals surface area (Å²) in [6.45, 7) is 7.51. The number of hydrogen-bond donors (Lipinski definition) is 0. The van der Waals surface area contributed by atoms with Crippen molar-refractivity contribution < 1.29 is 36.9 Å². The molecule has 1 radical (unpaired) electrons. The predicted octanol–water partition coefficient (Wildman–Crippen LogP) is 14.3. The largest absolute Gasteiger partial charge is 0.486 e. The molecule has 0 saturated carbocycles. The maximum atomic E-state index is 9.93. The van der Waals surface area contributed by atoms with Gasteiger partial charge in [-0.15, -0.1) is 53.6 Å². The van der Waals surface area contributed by atoms with Gasteiger partial charge in [-0.05, 0) is 112 Å². The zero-order valence-corrected chi connectivity index (χ0v) is 38.0. The van der Waals surface area contributed by atoms with E-state index in [1.807, 2.05) is 79.9 Å². The molecule has 313 valence electrons. The van der Waals surface area contributed by atoms with Crippen molar-refractivity contribution >= 4 is 33.1 Å². The number of rotatable bonds is 6. The van der Waals surface area contributed by atoms with E-state index >= 15 is 0 Å². The normalized spacial score (nSPS) is 14.3. The van der Waals surface area contributed by atoms with Crippen molar-refractivity contribution in [2.24, 2.45) is 0 Å². The summed E-state index contributed by atoms with van der Waals surface area (Å²) in [6.07, 6.45) is 1.39. The maximum absolute atomic E-state index is 9.93. The second-order valence-corrected chi connectivity index (χ2v) is 16.8. The first-order chi connectivity index (χ1) is 32.9. The Labute approximate surface area is 391 Å². The summed E-state index contributed by atoms with van der Waals surface area (Å²) in [5.41, 5.74) is 8.87. The van der Waals surface area contributed by atoms with Crippen LogP contribution in [0.2, 0.25) is 0 Å². The molecule has 9 aromatic rings. The first-order valence-corrected chi connectivity index (χ1v) is 20.3. The van der Waals surface area contributed by atoms with Crippen LogP contribution in [0.4, 0.5) is 0 Å². The molecule has 4 heterocycles. The molecular weight excluding hydrogens is 939 g/mol. The fraction of sp³-hybridized carbons (Fsp3) is 0.236. The topological polar surface area (TPSA) is 80.5 Å². The van der Waals surface area contributed by atoms with E-state index in [0.29, 0.717) is 38.8 Å². The van der Waals surface area contributed by atoms with Gasteiger partial charge >= 0.3 is 0 Å². The third-order valence-electron chi connectivity index (χ3n) is 10.8. The second-order valence-electron chi connectivity index (χ2n) is 16.8. The number of imidazole rings is 1. The van der Waals surface area contributed by atoms with Crippen LogP contribution in [0.3, 0.4) is 0 Å². The minimum atomic E-state index is -2.59. The number of nitrogens with zero attached hydrogens (tertiary/aromatic N) is 5. The van der Waals surface area contributed by atoms with E-state index in [2.05, 4.69) is 74.1 Å². The van der Waals surface area contributed by atoms with Crippen molar-refractivity contribution in [1.29, 1.82) is 5.26 Å². The molecule has 0 amide bonds. The van der Waals surface area contributed by atoms with E-state index in [-0.39, 0.29) is 60.0 Å². The van der Waals surface area contributed by atoms with Crippen molar-refractivity contribution in [3.05, 3.63) is 167 Å². The quantitative estimate of drug-likeness (QED) is 0.155. The van der Waals surface area contributed by atoms with Gasteiger partial charge in [-0.3, -0.25) is 4.98 Å². The molecule has 9 rings (SSSR count). The summed E-state index contributed by atoms with van der Waals surface area (Å²) in [4.78, 5) is 13.7. The first-order valence-electron chi connectivity index (χ1n) is 24.8. The van der Waals surface area contributed by atoms with Gasteiger partial charge < -0.3 is 14.0 Å². The molecule has 0 bridgehead atoms. The minimum Gasteiger partial charge on any atom is -0.486 e. The van der Waals surface area contributed by atoms with Crippen LogP contribution < -0.4 is 0 Å². The number of hydrogen-bond acceptors (Lipinski definition) is 5. The van der Waals surface area contributed by atoms with Crippen LogP contribution in [0, 0.1) is 44.0 Å². The van der Waals surface area contributed by atoms with Crippen LogP contribution in [-0.4, -0.2) is 19.5 Å². The minimum absolute atomic E-state index is 0. The number of pyridine rings is 2. The van der Waals surface area contributed by atoms with Crippen LogP contribution >= 0.6 is 0 Å². The first kappa shape index (κ1) is 33.4. The van der Waals surface area contributed by atoms with Crippen LogP contribution in [0.5, 0.6) is 0 Å². The summed E-state index contributed by atoms with van der Waals surface area (Å²) in [5.74, 6) is 0.465. The van der Waals surface area contributed by atoms with Crippen molar-refractivity contribution in [3.63, 3.8) is 0 Å². The van der Waals surface area contributed by atoms with E-state index in [1.165, 1.54) is 12.3 Å². The van der Waals surface area contributed by atoms with Gasteiger partial charge in [0.05, 0.1) is 22.4 Å². The molecule has 4 aromatic heterocycles. The molecule has 5 aromatic carbocycles. The van der Waals surface area contributed by atoms with Crippen molar-refractivity contribution in [2.75, 3.05) is 0 Å². The van der Waals surface area contributed by atoms with Gasteiger partial charge in [0.2, 0.25) is 5.71 Å². The monoisotopic (exact) mass is 999 g/mol. The number of aryl methyl sites for hydroxylation is 3. The zero-order valence-electron chi connectivity index (χ0n) is 44.6. The molecule has 0 aliphatic heterocycles. The van der Waals surface area contributed by atoms with Crippen LogP contribution in [0.25, 0.3) is 72.6 Å². The van der Waals surface area contributed by atoms with Gasteiger partial charge in [0.1, 0.15) is 11.8 Å². The van der Waals surface area contributed by atoms with Crippen LogP contribution in [0.1, 0.15) is 112 Å². The summed E-state index contributed by atoms with van der Waals surface area (Å²) >= 11 is 0. The Balaban J connectivity index is 0.000000369. The molecule has 0 fully saturated rings. The number of furan rings is 1. The number of para-hydroxylation sites is 1. The zero-order chi connectivity index (χ0) is 50.7. The Morgan fingerprint density at radius 1 is 0.790 bits per heavy atom. The molecule has 0 atom stereocenters. The Morgan fingerprint density at radius 3 is 2.15 bits per heavy atom. The number of aromatic nitrogens is 4. The Morgan fingerprint density at radius 2 is 1.53 bits per heavy atom. The van der Waals surface area contributed by atoms with E-state index < -0.39 is 26.0 Å². The fourth-order valence-electron chi connectivity index (χ4n) is 7.83. The molecule has 0 spiro atoms. The van der Waals surface area contributed by atoms with Crippen LogP contribution in [0.15, 0.2) is 120 Å². The Kier molecular flexibility index (Phi) is 9.52. The van der Waals surface area contributed by atoms with E-state index in [4.69, 9.17) is 21.7 Å². The third-order valence-corrected chi connectivity index (χ3v) is 10.8. The summed E-state index contributed by atoms with van der Waals surface area (Å²) in [6, 6.07) is 42.3. The molecule has 6 nitrogen and oxygen atoms in total. The Bertz CT molecular complexity index is 3410. The summed E-state index contributed by atoms with van der Waals surface area (Å²) in [7, 11) is 0. The van der Waals surface area contributed by atoms with Gasteiger partial charge in [-0.2, -0.15) is 5.26 Å². The van der Waals surface area contributed by atoms with E-state index in [1.54, 1.807) is 30.3 Å². The maximum Gasteiger partial charge on any atom is 0.217 e. The fourth-order valence-corrected chi connectivity index (χ4v) is 7.83. The predicted molar refractivity (Wildman–Crippen MR) is 250 cm³/mol. The molecule has 0 aliphatic rings. The van der Waals surface area contributed by atoms with Crippen LogP contribution in [-0.2, 0) is 25.5 Å². The smallest absolute Gasteiger partial charge is 0.217 e. The third kappa shape index (κ3) is 8.26. The molecule has 0 aliphatic carbocycles. The summed E-state index contributed by atoms with van der Waals surface area (Å²) < 4.78 is 80.7. The number of benzene rings is 5. The SMILES string of the molecule is [2H]C([2H])([2H])c1cc2c(nc1C#N)oc1c(-c3nc4cccc(C([2H])([2H])[2H])c4n3-c3c(C(C)C)cc(-c4ccccc4)cc3C(C)C)[c-]cc(C(C)(C)C)c12.[2H]C([2H])([2H])c1ccc(-c2[c-]cccc2)nc1.[Ir].